The van der Waals surface area contributed by atoms with Gasteiger partial charge in [0.2, 0.25) is 0 Å². The number of H-pyrrole nitrogens is 1. The minimum absolute atomic E-state index is 0.491. The van der Waals surface area contributed by atoms with Crippen molar-refractivity contribution in [2.24, 2.45) is 0 Å². The largest absolute Gasteiger partial charge is 0.384 e. The van der Waals surface area contributed by atoms with Gasteiger partial charge in [-0.05, 0) is 25.0 Å². The molecule has 1 saturated carbocycles. The second-order valence-corrected chi connectivity index (χ2v) is 3.77. The van der Waals surface area contributed by atoms with E-state index in [1.54, 1.807) is 6.07 Å². The average Bonchev–Trinajstić information content (AvgIpc) is 2.97. The molecule has 2 aromatic heterocycles. The van der Waals surface area contributed by atoms with Crippen LogP contribution in [0.5, 0.6) is 0 Å². The van der Waals surface area contributed by atoms with Gasteiger partial charge in [-0.15, -0.1) is 0 Å². The lowest BCUT2D eigenvalue weighted by molar-refractivity contribution is 0.935. The normalized spacial score (nSPS) is 15.5. The van der Waals surface area contributed by atoms with Gasteiger partial charge < -0.3 is 5.73 Å². The predicted molar refractivity (Wildman–Crippen MR) is 56.0 cm³/mol. The molecular formula is C10H11N5. The summed E-state index contributed by atoms with van der Waals surface area (Å²) < 4.78 is 0. The number of pyridine rings is 1. The number of hydrogen-bond donors (Lipinski definition) is 2. The van der Waals surface area contributed by atoms with Crippen LogP contribution in [0.2, 0.25) is 0 Å². The molecular weight excluding hydrogens is 190 g/mol. The highest BCUT2D eigenvalue weighted by Gasteiger charge is 2.27. The number of rotatable bonds is 2. The van der Waals surface area contributed by atoms with Gasteiger partial charge in [0, 0.05) is 5.92 Å². The summed E-state index contributed by atoms with van der Waals surface area (Å²) >= 11 is 0. The molecule has 2 heterocycles. The zero-order valence-electron chi connectivity index (χ0n) is 8.14. The molecule has 1 aliphatic rings. The number of nitrogen functional groups attached to an aromatic ring is 1. The molecule has 3 rings (SSSR count). The number of aromatic amines is 1. The third-order valence-electron chi connectivity index (χ3n) is 2.47. The fourth-order valence-corrected chi connectivity index (χ4v) is 1.50. The number of aromatic nitrogens is 4. The van der Waals surface area contributed by atoms with Crippen LogP contribution in [0.1, 0.15) is 24.6 Å². The van der Waals surface area contributed by atoms with Crippen LogP contribution >= 0.6 is 0 Å². The van der Waals surface area contributed by atoms with Gasteiger partial charge in [-0.25, -0.2) is 9.97 Å². The fraction of sp³-hybridized carbons (Fsp3) is 0.300. The third kappa shape index (κ3) is 1.56. The van der Waals surface area contributed by atoms with Crippen LogP contribution in [0.25, 0.3) is 11.5 Å². The smallest absolute Gasteiger partial charge is 0.199 e. The standard InChI is InChI=1S/C10H11N5/c11-8-3-1-2-7(12-8)10-13-9(14-15-10)6-4-5-6/h1-3,6H,4-5H2,(H2,11,12)(H,13,14,15). The fourth-order valence-electron chi connectivity index (χ4n) is 1.50. The second kappa shape index (κ2) is 3.05. The maximum atomic E-state index is 5.60. The Bertz CT molecular complexity index is 486. The zero-order valence-corrected chi connectivity index (χ0v) is 8.14. The molecule has 15 heavy (non-hydrogen) atoms. The summed E-state index contributed by atoms with van der Waals surface area (Å²) in [6, 6.07) is 5.46. The first-order chi connectivity index (χ1) is 7.33. The lowest BCUT2D eigenvalue weighted by atomic mass is 10.3. The molecule has 1 fully saturated rings. The summed E-state index contributed by atoms with van der Waals surface area (Å²) in [5, 5.41) is 7.08. The van der Waals surface area contributed by atoms with Crippen molar-refractivity contribution in [1.82, 2.24) is 20.2 Å². The van der Waals surface area contributed by atoms with E-state index in [-0.39, 0.29) is 0 Å². The van der Waals surface area contributed by atoms with E-state index in [4.69, 9.17) is 5.73 Å². The average molecular weight is 201 g/mol. The van der Waals surface area contributed by atoms with Gasteiger partial charge in [0.15, 0.2) is 5.82 Å². The van der Waals surface area contributed by atoms with E-state index in [1.165, 1.54) is 12.8 Å². The van der Waals surface area contributed by atoms with Crippen LogP contribution in [0.3, 0.4) is 0 Å². The number of hydrogen-bond acceptors (Lipinski definition) is 4. The summed E-state index contributed by atoms with van der Waals surface area (Å²) in [7, 11) is 0. The van der Waals surface area contributed by atoms with Crippen molar-refractivity contribution in [3.8, 4) is 11.5 Å². The van der Waals surface area contributed by atoms with E-state index >= 15 is 0 Å². The number of anilines is 1. The van der Waals surface area contributed by atoms with E-state index in [2.05, 4.69) is 20.2 Å². The Hall–Kier alpha value is -1.91. The van der Waals surface area contributed by atoms with Gasteiger partial charge in [-0.1, -0.05) is 6.07 Å². The van der Waals surface area contributed by atoms with Crippen LogP contribution in [-0.2, 0) is 0 Å². The third-order valence-corrected chi connectivity index (χ3v) is 2.47. The van der Waals surface area contributed by atoms with Crippen molar-refractivity contribution in [3.05, 3.63) is 24.0 Å². The molecule has 1 aliphatic carbocycles. The molecule has 0 unspecified atom stereocenters. The highest BCUT2D eigenvalue weighted by Crippen LogP contribution is 2.38. The number of nitrogens with two attached hydrogens (primary N) is 1. The van der Waals surface area contributed by atoms with Crippen molar-refractivity contribution in [2.45, 2.75) is 18.8 Å². The van der Waals surface area contributed by atoms with Crippen LogP contribution in [-0.4, -0.2) is 20.2 Å². The lowest BCUT2D eigenvalue weighted by Crippen LogP contribution is -1.92. The Morgan fingerprint density at radius 1 is 1.27 bits per heavy atom. The Labute approximate surface area is 86.8 Å². The van der Waals surface area contributed by atoms with Crippen LogP contribution in [0.15, 0.2) is 18.2 Å². The molecule has 0 radical (unpaired) electrons. The van der Waals surface area contributed by atoms with E-state index in [0.717, 1.165) is 11.5 Å². The Kier molecular flexibility index (Phi) is 1.71. The van der Waals surface area contributed by atoms with Crippen molar-refractivity contribution in [2.75, 3.05) is 5.73 Å². The molecule has 5 heteroatoms. The first-order valence-electron chi connectivity index (χ1n) is 4.98. The Balaban J connectivity index is 1.97. The molecule has 0 spiro atoms. The molecule has 0 atom stereocenters. The topological polar surface area (TPSA) is 80.5 Å². The molecule has 5 nitrogen and oxygen atoms in total. The highest BCUT2D eigenvalue weighted by atomic mass is 15.2. The summed E-state index contributed by atoms with van der Waals surface area (Å²) in [6.07, 6.45) is 2.41. The monoisotopic (exact) mass is 201 g/mol. The van der Waals surface area contributed by atoms with Crippen molar-refractivity contribution in [3.63, 3.8) is 0 Å². The minimum Gasteiger partial charge on any atom is -0.384 e. The predicted octanol–water partition coefficient (Wildman–Crippen LogP) is 1.33. The van der Waals surface area contributed by atoms with Crippen molar-refractivity contribution >= 4 is 5.82 Å². The first kappa shape index (κ1) is 8.40. The van der Waals surface area contributed by atoms with Crippen LogP contribution in [0, 0.1) is 0 Å². The minimum atomic E-state index is 0.491. The number of nitrogens with one attached hydrogen (secondary N) is 1. The van der Waals surface area contributed by atoms with Crippen molar-refractivity contribution < 1.29 is 0 Å². The lowest BCUT2D eigenvalue weighted by Gasteiger charge is -1.94. The Morgan fingerprint density at radius 2 is 2.13 bits per heavy atom. The summed E-state index contributed by atoms with van der Waals surface area (Å²) in [4.78, 5) is 8.57. The first-order valence-corrected chi connectivity index (χ1v) is 4.98. The van der Waals surface area contributed by atoms with Gasteiger partial charge >= 0.3 is 0 Å². The van der Waals surface area contributed by atoms with E-state index in [1.807, 2.05) is 12.1 Å². The van der Waals surface area contributed by atoms with E-state index in [0.29, 0.717) is 17.6 Å². The molecule has 0 aromatic carbocycles. The summed E-state index contributed by atoms with van der Waals surface area (Å²) in [6.45, 7) is 0. The highest BCUT2D eigenvalue weighted by molar-refractivity contribution is 5.51. The SMILES string of the molecule is Nc1cccc(-c2n[nH]c(C3CC3)n2)n1. The second-order valence-electron chi connectivity index (χ2n) is 3.77. The van der Waals surface area contributed by atoms with Gasteiger partial charge in [0.1, 0.15) is 17.3 Å². The maximum absolute atomic E-state index is 5.60. The van der Waals surface area contributed by atoms with Crippen molar-refractivity contribution in [1.29, 1.82) is 0 Å². The van der Waals surface area contributed by atoms with Crippen LogP contribution in [0.4, 0.5) is 5.82 Å². The molecule has 2 aromatic rings. The van der Waals surface area contributed by atoms with E-state index in [9.17, 15) is 0 Å². The van der Waals surface area contributed by atoms with Gasteiger partial charge in [-0.3, -0.25) is 5.10 Å². The molecule has 0 saturated heterocycles. The molecule has 0 bridgehead atoms. The Morgan fingerprint density at radius 3 is 2.87 bits per heavy atom. The molecule has 3 N–H and O–H groups in total. The molecule has 76 valence electrons. The quantitative estimate of drug-likeness (QED) is 0.768. The number of nitrogens with zero attached hydrogens (tertiary/aromatic N) is 3. The zero-order chi connectivity index (χ0) is 10.3. The van der Waals surface area contributed by atoms with Gasteiger partial charge in [0.25, 0.3) is 0 Å². The van der Waals surface area contributed by atoms with Gasteiger partial charge in [-0.2, -0.15) is 5.10 Å². The summed E-state index contributed by atoms with van der Waals surface area (Å²) in [5.41, 5.74) is 6.32. The van der Waals surface area contributed by atoms with E-state index < -0.39 is 0 Å². The maximum Gasteiger partial charge on any atom is 0.199 e. The van der Waals surface area contributed by atoms with Gasteiger partial charge in [0.05, 0.1) is 0 Å². The van der Waals surface area contributed by atoms with Crippen LogP contribution < -0.4 is 5.73 Å². The molecule has 0 amide bonds. The summed E-state index contributed by atoms with van der Waals surface area (Å²) in [5.74, 6) is 2.66. The molecule has 0 aliphatic heterocycles.